The highest BCUT2D eigenvalue weighted by Gasteiger charge is 2.69. The quantitative estimate of drug-likeness (QED) is 0.415. The summed E-state index contributed by atoms with van der Waals surface area (Å²) in [7, 11) is 0. The zero-order chi connectivity index (χ0) is 24.2. The molecule has 5 rings (SSSR count). The Balaban J connectivity index is 1.58. The molecule has 0 aromatic carbocycles. The molecule has 5 aliphatic rings. The molecular formula is C30H50O3. The third-order valence-corrected chi connectivity index (χ3v) is 13.2. The summed E-state index contributed by atoms with van der Waals surface area (Å²) in [5.74, 6) is 1.44. The van der Waals surface area contributed by atoms with Crippen molar-refractivity contribution < 1.29 is 15.3 Å². The van der Waals surface area contributed by atoms with E-state index in [1.54, 1.807) is 5.57 Å². The Morgan fingerprint density at radius 3 is 2.15 bits per heavy atom. The molecule has 188 valence electrons. The summed E-state index contributed by atoms with van der Waals surface area (Å²) in [6.07, 6.45) is 11.7. The van der Waals surface area contributed by atoms with Crippen LogP contribution in [0.15, 0.2) is 11.6 Å². The van der Waals surface area contributed by atoms with Gasteiger partial charge in [-0.15, -0.1) is 0 Å². The summed E-state index contributed by atoms with van der Waals surface area (Å²) in [4.78, 5) is 0. The average molecular weight is 459 g/mol. The first-order chi connectivity index (χ1) is 15.2. The molecule has 3 N–H and O–H groups in total. The molecule has 0 aromatic heterocycles. The molecule has 0 bridgehead atoms. The lowest BCUT2D eigenvalue weighted by Crippen LogP contribution is -2.66. The Hall–Kier alpha value is -0.380. The lowest BCUT2D eigenvalue weighted by Gasteiger charge is -2.71. The zero-order valence-corrected chi connectivity index (χ0v) is 22.4. The van der Waals surface area contributed by atoms with E-state index in [4.69, 9.17) is 0 Å². The number of fused-ring (bicyclic) bond motifs is 7. The van der Waals surface area contributed by atoms with Crippen molar-refractivity contribution in [2.45, 2.75) is 118 Å². The van der Waals surface area contributed by atoms with E-state index >= 15 is 0 Å². The monoisotopic (exact) mass is 458 g/mol. The smallest absolute Gasteiger partial charge is 0.0618 e. The maximum Gasteiger partial charge on any atom is 0.0618 e. The Bertz CT molecular complexity index is 847. The van der Waals surface area contributed by atoms with Gasteiger partial charge in [0.1, 0.15) is 0 Å². The summed E-state index contributed by atoms with van der Waals surface area (Å²) in [6.45, 7) is 17.0. The van der Waals surface area contributed by atoms with Gasteiger partial charge in [0.25, 0.3) is 0 Å². The van der Waals surface area contributed by atoms with Crippen LogP contribution >= 0.6 is 0 Å². The van der Waals surface area contributed by atoms with Crippen LogP contribution in [0.1, 0.15) is 106 Å². The molecular weight excluding hydrogens is 408 g/mol. The van der Waals surface area contributed by atoms with Crippen molar-refractivity contribution in [2.24, 2.45) is 50.2 Å². The Labute approximate surface area is 202 Å². The Kier molecular flexibility index (Phi) is 5.23. The Morgan fingerprint density at radius 1 is 0.788 bits per heavy atom. The molecule has 0 aromatic rings. The fourth-order valence-electron chi connectivity index (χ4n) is 10.7. The van der Waals surface area contributed by atoms with Crippen LogP contribution in [0, 0.1) is 50.2 Å². The maximum absolute atomic E-state index is 11.3. The molecule has 4 fully saturated rings. The van der Waals surface area contributed by atoms with Gasteiger partial charge in [-0.2, -0.15) is 0 Å². The van der Waals surface area contributed by atoms with Crippen molar-refractivity contribution in [2.75, 3.05) is 6.61 Å². The molecule has 1 unspecified atom stereocenters. The van der Waals surface area contributed by atoms with Gasteiger partial charge in [-0.25, -0.2) is 0 Å². The molecule has 33 heavy (non-hydrogen) atoms. The van der Waals surface area contributed by atoms with E-state index < -0.39 is 6.10 Å². The van der Waals surface area contributed by atoms with Crippen molar-refractivity contribution in [3.63, 3.8) is 0 Å². The largest absolute Gasteiger partial charge is 0.396 e. The predicted molar refractivity (Wildman–Crippen MR) is 134 cm³/mol. The molecule has 10 atom stereocenters. The maximum atomic E-state index is 11.3. The first-order valence-electron chi connectivity index (χ1n) is 13.9. The molecule has 3 heteroatoms. The highest BCUT2D eigenvalue weighted by atomic mass is 16.3. The number of allylic oxidation sites excluding steroid dienone is 2. The lowest BCUT2D eigenvalue weighted by molar-refractivity contribution is -0.218. The number of rotatable bonds is 1. The average Bonchev–Trinajstić information content (AvgIpc) is 2.73. The van der Waals surface area contributed by atoms with E-state index in [1.165, 1.54) is 19.3 Å². The van der Waals surface area contributed by atoms with Crippen molar-refractivity contribution in [1.29, 1.82) is 0 Å². The molecule has 0 radical (unpaired) electrons. The number of aliphatic hydroxyl groups is 3. The lowest BCUT2D eigenvalue weighted by atomic mass is 9.33. The van der Waals surface area contributed by atoms with Crippen LogP contribution in [0.4, 0.5) is 0 Å². The number of hydrogen-bond donors (Lipinski definition) is 3. The highest BCUT2D eigenvalue weighted by molar-refractivity contribution is 5.34. The Morgan fingerprint density at radius 2 is 1.48 bits per heavy atom. The second-order valence-corrected chi connectivity index (χ2v) is 15.2. The first-order valence-corrected chi connectivity index (χ1v) is 13.9. The summed E-state index contributed by atoms with van der Waals surface area (Å²) < 4.78 is 0. The van der Waals surface area contributed by atoms with Crippen LogP contribution in [-0.2, 0) is 0 Å². The molecule has 3 nitrogen and oxygen atoms in total. The molecule has 0 heterocycles. The van der Waals surface area contributed by atoms with E-state index in [9.17, 15) is 15.3 Å². The van der Waals surface area contributed by atoms with E-state index in [2.05, 4.69) is 54.5 Å². The molecule has 5 aliphatic carbocycles. The normalized spacial score (nSPS) is 57.8. The van der Waals surface area contributed by atoms with E-state index in [-0.39, 0.29) is 45.2 Å². The van der Waals surface area contributed by atoms with E-state index in [0.717, 1.165) is 38.5 Å². The van der Waals surface area contributed by atoms with Gasteiger partial charge in [-0.3, -0.25) is 0 Å². The standard InChI is InChI=1S/C30H50O3/c1-25(2)16-20-19-8-9-22-27(4)12-11-23(32)28(5,18-31)21(27)10-13-30(22,7)29(19,6)15-14-26(20,3)24(33)17-25/h8,20-24,31-33H,9-18H2,1-7H3/t20-,21?,22-,23+,24-,26-,27+,28-,29-,30-/m1/s1. The first kappa shape index (κ1) is 24.3. The molecule has 4 saturated carbocycles. The molecule has 0 aliphatic heterocycles. The number of aliphatic hydroxyl groups excluding tert-OH is 3. The van der Waals surface area contributed by atoms with Gasteiger partial charge in [-0.05, 0) is 97.2 Å². The van der Waals surface area contributed by atoms with Gasteiger partial charge in [0.2, 0.25) is 0 Å². The predicted octanol–water partition coefficient (Wildman–Crippen LogP) is 6.11. The SMILES string of the molecule is CC1(C)C[C@@H](O)[C@]2(C)CC[C@]3(C)C(=CC[C@@H]4[C@@]5(C)CC[C@H](O)[C@](C)(CO)C5CC[C@]43C)[C@H]2C1. The van der Waals surface area contributed by atoms with Gasteiger partial charge in [0.05, 0.1) is 18.8 Å². The topological polar surface area (TPSA) is 60.7 Å². The third-order valence-electron chi connectivity index (χ3n) is 13.2. The molecule has 0 amide bonds. The van der Waals surface area contributed by atoms with E-state index in [1.807, 2.05) is 0 Å². The highest BCUT2D eigenvalue weighted by Crippen LogP contribution is 2.75. The summed E-state index contributed by atoms with van der Waals surface area (Å²) in [5, 5.41) is 32.6. The van der Waals surface area contributed by atoms with Crippen molar-refractivity contribution >= 4 is 0 Å². The van der Waals surface area contributed by atoms with Gasteiger partial charge in [-0.1, -0.05) is 60.1 Å². The van der Waals surface area contributed by atoms with Gasteiger partial charge in [0, 0.05) is 10.8 Å². The molecule has 0 saturated heterocycles. The minimum Gasteiger partial charge on any atom is -0.396 e. The second kappa shape index (κ2) is 7.10. The van der Waals surface area contributed by atoms with Crippen molar-refractivity contribution in [3.05, 3.63) is 11.6 Å². The van der Waals surface area contributed by atoms with Crippen LogP contribution in [0.25, 0.3) is 0 Å². The fourth-order valence-corrected chi connectivity index (χ4v) is 10.7. The van der Waals surface area contributed by atoms with Crippen molar-refractivity contribution in [1.82, 2.24) is 0 Å². The van der Waals surface area contributed by atoms with Gasteiger partial charge < -0.3 is 15.3 Å². The fraction of sp³-hybridized carbons (Fsp3) is 0.933. The van der Waals surface area contributed by atoms with Crippen LogP contribution in [0.5, 0.6) is 0 Å². The van der Waals surface area contributed by atoms with Crippen LogP contribution in [0.3, 0.4) is 0 Å². The van der Waals surface area contributed by atoms with Gasteiger partial charge >= 0.3 is 0 Å². The third kappa shape index (κ3) is 2.91. The minimum absolute atomic E-state index is 0.00950. The van der Waals surface area contributed by atoms with Crippen LogP contribution in [0.2, 0.25) is 0 Å². The zero-order valence-electron chi connectivity index (χ0n) is 22.4. The number of hydrogen-bond acceptors (Lipinski definition) is 3. The van der Waals surface area contributed by atoms with E-state index in [0.29, 0.717) is 17.8 Å². The van der Waals surface area contributed by atoms with Crippen LogP contribution in [-0.4, -0.2) is 34.1 Å². The second-order valence-electron chi connectivity index (χ2n) is 15.2. The van der Waals surface area contributed by atoms with Crippen LogP contribution < -0.4 is 0 Å². The summed E-state index contributed by atoms with van der Waals surface area (Å²) in [6, 6.07) is 0. The summed E-state index contributed by atoms with van der Waals surface area (Å²) >= 11 is 0. The van der Waals surface area contributed by atoms with Crippen molar-refractivity contribution in [3.8, 4) is 0 Å². The van der Waals surface area contributed by atoms with Gasteiger partial charge in [0.15, 0.2) is 0 Å². The summed E-state index contributed by atoms with van der Waals surface area (Å²) in [5.41, 5.74) is 2.04. The molecule has 0 spiro atoms. The minimum atomic E-state index is -0.392.